The molecule has 0 aliphatic carbocycles. The van der Waals surface area contributed by atoms with E-state index in [0.29, 0.717) is 12.1 Å². The van der Waals surface area contributed by atoms with Crippen LogP contribution in [0.15, 0.2) is 53.3 Å². The van der Waals surface area contributed by atoms with Crippen LogP contribution in [-0.2, 0) is 11.3 Å². The highest BCUT2D eigenvalue weighted by Gasteiger charge is 2.19. The molecule has 26 heavy (non-hydrogen) atoms. The molecule has 138 valence electrons. The lowest BCUT2D eigenvalue weighted by Gasteiger charge is -2.28. The summed E-state index contributed by atoms with van der Waals surface area (Å²) in [6, 6.07) is 11.5. The first-order chi connectivity index (χ1) is 12.7. The maximum atomic E-state index is 13.1. The van der Waals surface area contributed by atoms with E-state index >= 15 is 0 Å². The number of halogens is 1. The number of hydrogen-bond donors (Lipinski definition) is 0. The minimum Gasteiger partial charge on any atom is -0.379 e. The minimum absolute atomic E-state index is 0.0521. The van der Waals surface area contributed by atoms with Crippen LogP contribution in [0.1, 0.15) is 22.3 Å². The van der Waals surface area contributed by atoms with Crippen molar-refractivity contribution in [2.75, 3.05) is 39.4 Å². The summed E-state index contributed by atoms with van der Waals surface area (Å²) < 4.78 is 6.23. The molecular weight excluding hydrogens is 394 g/mol. The van der Waals surface area contributed by atoms with E-state index in [1.807, 2.05) is 41.3 Å². The van der Waals surface area contributed by atoms with Crippen LogP contribution in [0.2, 0.25) is 0 Å². The van der Waals surface area contributed by atoms with Crippen LogP contribution >= 0.6 is 15.9 Å². The van der Waals surface area contributed by atoms with Crippen molar-refractivity contribution in [2.24, 2.45) is 0 Å². The van der Waals surface area contributed by atoms with E-state index in [2.05, 4.69) is 25.8 Å². The third-order valence-corrected chi connectivity index (χ3v) is 5.21. The summed E-state index contributed by atoms with van der Waals surface area (Å²) in [7, 11) is 0. The highest BCUT2D eigenvalue weighted by molar-refractivity contribution is 9.10. The number of pyridine rings is 1. The van der Waals surface area contributed by atoms with Crippen molar-refractivity contribution in [1.82, 2.24) is 14.8 Å². The number of aromatic nitrogens is 1. The van der Waals surface area contributed by atoms with Crippen LogP contribution in [0.4, 0.5) is 0 Å². The van der Waals surface area contributed by atoms with Gasteiger partial charge in [-0.15, -0.1) is 0 Å². The zero-order chi connectivity index (χ0) is 18.2. The second kappa shape index (κ2) is 9.80. The molecule has 1 aliphatic rings. The molecule has 0 spiro atoms. The van der Waals surface area contributed by atoms with Gasteiger partial charge < -0.3 is 9.64 Å². The molecule has 1 saturated heterocycles. The molecule has 5 nitrogen and oxygen atoms in total. The number of morpholine rings is 1. The third-order valence-electron chi connectivity index (χ3n) is 4.52. The molecular formula is C20H24BrN3O2. The Morgan fingerprint density at radius 1 is 1.15 bits per heavy atom. The molecule has 0 N–H and O–H groups in total. The van der Waals surface area contributed by atoms with E-state index in [-0.39, 0.29) is 5.91 Å². The van der Waals surface area contributed by atoms with Crippen LogP contribution in [0.3, 0.4) is 0 Å². The van der Waals surface area contributed by atoms with E-state index in [0.717, 1.165) is 55.8 Å². The summed E-state index contributed by atoms with van der Waals surface area (Å²) in [5.74, 6) is 0.0521. The Morgan fingerprint density at radius 3 is 2.62 bits per heavy atom. The van der Waals surface area contributed by atoms with Crippen molar-refractivity contribution >= 4 is 21.8 Å². The fraction of sp³-hybridized carbons (Fsp3) is 0.400. The van der Waals surface area contributed by atoms with Crippen molar-refractivity contribution in [3.05, 3.63) is 64.4 Å². The van der Waals surface area contributed by atoms with E-state index in [1.165, 1.54) is 0 Å². The second-order valence-corrected chi connectivity index (χ2v) is 7.22. The molecule has 0 bridgehead atoms. The smallest absolute Gasteiger partial charge is 0.255 e. The van der Waals surface area contributed by atoms with Gasteiger partial charge in [-0.05, 0) is 52.2 Å². The fourth-order valence-corrected chi connectivity index (χ4v) is 3.53. The number of benzene rings is 1. The summed E-state index contributed by atoms with van der Waals surface area (Å²) >= 11 is 3.50. The molecule has 1 aromatic carbocycles. The highest BCUT2D eigenvalue weighted by atomic mass is 79.9. The molecule has 1 fully saturated rings. The molecule has 2 aromatic rings. The first kappa shape index (κ1) is 19.0. The number of carbonyl (C=O) groups excluding carboxylic acids is 1. The molecule has 0 unspecified atom stereocenters. The Hall–Kier alpha value is -1.76. The number of rotatable bonds is 7. The lowest BCUT2D eigenvalue weighted by molar-refractivity contribution is 0.0355. The molecule has 1 aromatic heterocycles. The topological polar surface area (TPSA) is 45.7 Å². The fourth-order valence-electron chi connectivity index (χ4n) is 3.08. The van der Waals surface area contributed by atoms with Gasteiger partial charge in [0.05, 0.1) is 18.8 Å². The number of hydrogen-bond acceptors (Lipinski definition) is 4. The molecule has 3 rings (SSSR count). The molecule has 0 atom stereocenters. The minimum atomic E-state index is 0.0521. The van der Waals surface area contributed by atoms with Gasteiger partial charge >= 0.3 is 0 Å². The van der Waals surface area contributed by atoms with Gasteiger partial charge in [0, 0.05) is 49.6 Å². The van der Waals surface area contributed by atoms with Gasteiger partial charge in [-0.25, -0.2) is 0 Å². The molecule has 1 amide bonds. The van der Waals surface area contributed by atoms with Crippen molar-refractivity contribution in [1.29, 1.82) is 0 Å². The van der Waals surface area contributed by atoms with E-state index in [4.69, 9.17) is 4.74 Å². The predicted molar refractivity (Wildman–Crippen MR) is 105 cm³/mol. The number of ether oxygens (including phenoxy) is 1. The average Bonchev–Trinajstić information content (AvgIpc) is 2.69. The number of nitrogens with zero attached hydrogens (tertiary/aromatic N) is 3. The average molecular weight is 418 g/mol. The van der Waals surface area contributed by atoms with Gasteiger partial charge in [0.15, 0.2) is 0 Å². The van der Waals surface area contributed by atoms with Crippen LogP contribution in [-0.4, -0.2) is 60.1 Å². The van der Waals surface area contributed by atoms with Crippen molar-refractivity contribution in [3.63, 3.8) is 0 Å². The maximum absolute atomic E-state index is 13.1. The maximum Gasteiger partial charge on any atom is 0.255 e. The summed E-state index contributed by atoms with van der Waals surface area (Å²) in [5, 5.41) is 0. The molecule has 1 aliphatic heterocycles. The van der Waals surface area contributed by atoms with Gasteiger partial charge in [-0.1, -0.05) is 12.1 Å². The van der Waals surface area contributed by atoms with Gasteiger partial charge in [-0.3, -0.25) is 14.7 Å². The van der Waals surface area contributed by atoms with Crippen molar-refractivity contribution in [2.45, 2.75) is 13.0 Å². The number of carbonyl (C=O) groups is 1. The van der Waals surface area contributed by atoms with E-state index < -0.39 is 0 Å². The van der Waals surface area contributed by atoms with Gasteiger partial charge in [-0.2, -0.15) is 0 Å². The third kappa shape index (κ3) is 5.37. The SMILES string of the molecule is O=C(c1ccccc1Br)N(CCCN1CCOCC1)Cc1ccncc1. The quantitative estimate of drug-likeness (QED) is 0.693. The van der Waals surface area contributed by atoms with Gasteiger partial charge in [0.25, 0.3) is 5.91 Å². The predicted octanol–water partition coefficient (Wildman–Crippen LogP) is 3.21. The van der Waals surface area contributed by atoms with Crippen molar-refractivity contribution < 1.29 is 9.53 Å². The Bertz CT molecular complexity index is 705. The summed E-state index contributed by atoms with van der Waals surface area (Å²) in [6.07, 6.45) is 4.48. The zero-order valence-electron chi connectivity index (χ0n) is 14.8. The Kier molecular flexibility index (Phi) is 7.17. The van der Waals surface area contributed by atoms with E-state index in [1.54, 1.807) is 12.4 Å². The van der Waals surface area contributed by atoms with Crippen LogP contribution < -0.4 is 0 Å². The van der Waals surface area contributed by atoms with E-state index in [9.17, 15) is 4.79 Å². The first-order valence-electron chi connectivity index (χ1n) is 8.97. The standard InChI is InChI=1S/C20H24BrN3O2/c21-19-5-2-1-4-18(19)20(25)24(16-17-6-8-22-9-7-17)11-3-10-23-12-14-26-15-13-23/h1-2,4-9H,3,10-16H2. The molecule has 6 heteroatoms. The van der Waals surface area contributed by atoms with Gasteiger partial charge in [0.1, 0.15) is 0 Å². The van der Waals surface area contributed by atoms with Crippen LogP contribution in [0, 0.1) is 0 Å². The van der Waals surface area contributed by atoms with Crippen LogP contribution in [0.25, 0.3) is 0 Å². The Balaban J connectivity index is 1.66. The van der Waals surface area contributed by atoms with Gasteiger partial charge in [0.2, 0.25) is 0 Å². The lowest BCUT2D eigenvalue weighted by atomic mass is 10.1. The Morgan fingerprint density at radius 2 is 1.88 bits per heavy atom. The van der Waals surface area contributed by atoms with Crippen LogP contribution in [0.5, 0.6) is 0 Å². The summed E-state index contributed by atoms with van der Waals surface area (Å²) in [5.41, 5.74) is 1.79. The van der Waals surface area contributed by atoms with Crippen molar-refractivity contribution in [3.8, 4) is 0 Å². The molecule has 2 heterocycles. The number of amides is 1. The molecule has 0 radical (unpaired) electrons. The second-order valence-electron chi connectivity index (χ2n) is 6.37. The largest absolute Gasteiger partial charge is 0.379 e. The monoisotopic (exact) mass is 417 g/mol. The summed E-state index contributed by atoms with van der Waals surface area (Å²) in [4.78, 5) is 21.5. The lowest BCUT2D eigenvalue weighted by Crippen LogP contribution is -2.39. The highest BCUT2D eigenvalue weighted by Crippen LogP contribution is 2.19. The molecule has 0 saturated carbocycles. The Labute approximate surface area is 163 Å². The summed E-state index contributed by atoms with van der Waals surface area (Å²) in [6.45, 7) is 5.85. The normalized spacial score (nSPS) is 15.0. The zero-order valence-corrected chi connectivity index (χ0v) is 16.4. The first-order valence-corrected chi connectivity index (χ1v) is 9.76.